The first-order chi connectivity index (χ1) is 13.8. The third kappa shape index (κ3) is 5.16. The molecule has 1 unspecified atom stereocenters. The number of hydrogen-bond acceptors (Lipinski definition) is 6. The molecule has 1 atom stereocenters. The molecule has 0 aliphatic carbocycles. The number of nitrogens with zero attached hydrogens (tertiary/aromatic N) is 4. The molecule has 0 radical (unpaired) electrons. The van der Waals surface area contributed by atoms with Gasteiger partial charge in [-0.05, 0) is 74.3 Å². The molecule has 2 amide bonds. The van der Waals surface area contributed by atoms with E-state index in [0.29, 0.717) is 16.3 Å². The zero-order chi connectivity index (χ0) is 21.0. The predicted octanol–water partition coefficient (Wildman–Crippen LogP) is 3.89. The lowest BCUT2D eigenvalue weighted by Gasteiger charge is -2.33. The molecular formula is C20H20ClN5O2S. The van der Waals surface area contributed by atoms with E-state index in [2.05, 4.69) is 19.9 Å². The number of halogens is 1. The van der Waals surface area contributed by atoms with Gasteiger partial charge in [0.25, 0.3) is 5.91 Å². The fourth-order valence-corrected chi connectivity index (χ4v) is 3.32. The van der Waals surface area contributed by atoms with E-state index in [4.69, 9.17) is 11.6 Å². The predicted molar refractivity (Wildman–Crippen MR) is 113 cm³/mol. The molecule has 0 spiro atoms. The molecule has 1 N–H and O–H groups in total. The van der Waals surface area contributed by atoms with Crippen LogP contribution in [0.3, 0.4) is 0 Å². The van der Waals surface area contributed by atoms with E-state index < -0.39 is 17.5 Å². The number of anilines is 1. The molecule has 3 aromatic rings. The second kappa shape index (κ2) is 8.67. The van der Waals surface area contributed by atoms with Crippen LogP contribution in [0.4, 0.5) is 5.69 Å². The van der Waals surface area contributed by atoms with Crippen LogP contribution in [0.25, 0.3) is 0 Å². The van der Waals surface area contributed by atoms with Gasteiger partial charge in [0.1, 0.15) is 6.04 Å². The summed E-state index contributed by atoms with van der Waals surface area (Å²) < 4.78 is 3.78. The number of nitrogens with one attached hydrogen (secondary N) is 1. The fourth-order valence-electron chi connectivity index (χ4n) is 2.77. The molecule has 29 heavy (non-hydrogen) atoms. The molecule has 1 aromatic carbocycles. The highest BCUT2D eigenvalue weighted by atomic mass is 35.5. The Labute approximate surface area is 177 Å². The number of rotatable bonds is 5. The van der Waals surface area contributed by atoms with Crippen molar-refractivity contribution in [2.45, 2.75) is 32.4 Å². The molecule has 150 valence electrons. The van der Waals surface area contributed by atoms with E-state index in [9.17, 15) is 9.59 Å². The second-order valence-electron chi connectivity index (χ2n) is 7.36. The quantitative estimate of drug-likeness (QED) is 0.664. The van der Waals surface area contributed by atoms with Gasteiger partial charge in [-0.15, -0.1) is 5.10 Å². The van der Waals surface area contributed by atoms with E-state index >= 15 is 0 Å². The SMILES string of the molecule is CC(C)(C)NC(=O)C(c1ccncc1)N(C(=O)c1csnn1)c1ccc(Cl)cc1. The zero-order valence-electron chi connectivity index (χ0n) is 16.2. The molecule has 0 saturated carbocycles. The Hall–Kier alpha value is -2.84. The van der Waals surface area contributed by atoms with Gasteiger partial charge in [0.2, 0.25) is 5.91 Å². The van der Waals surface area contributed by atoms with E-state index in [1.54, 1.807) is 54.2 Å². The minimum Gasteiger partial charge on any atom is -0.349 e. The molecular weight excluding hydrogens is 410 g/mol. The van der Waals surface area contributed by atoms with Crippen LogP contribution in [0.5, 0.6) is 0 Å². The molecule has 2 aromatic heterocycles. The Balaban J connectivity index is 2.15. The molecule has 0 fully saturated rings. The van der Waals surface area contributed by atoms with Gasteiger partial charge in [-0.3, -0.25) is 19.5 Å². The molecule has 7 nitrogen and oxygen atoms in total. The van der Waals surface area contributed by atoms with Crippen LogP contribution in [-0.2, 0) is 4.79 Å². The second-order valence-corrected chi connectivity index (χ2v) is 8.41. The Morgan fingerprint density at radius 3 is 2.31 bits per heavy atom. The summed E-state index contributed by atoms with van der Waals surface area (Å²) >= 11 is 7.10. The normalized spacial score (nSPS) is 12.3. The van der Waals surface area contributed by atoms with Gasteiger partial charge in [-0.25, -0.2) is 0 Å². The third-order valence-electron chi connectivity index (χ3n) is 3.93. The lowest BCUT2D eigenvalue weighted by Crippen LogP contribution is -2.49. The van der Waals surface area contributed by atoms with Crippen molar-refractivity contribution in [3.8, 4) is 0 Å². The number of carbonyl (C=O) groups excluding carboxylic acids is 2. The maximum Gasteiger partial charge on any atom is 0.280 e. The van der Waals surface area contributed by atoms with Gasteiger partial charge in [-0.1, -0.05) is 16.1 Å². The Morgan fingerprint density at radius 1 is 1.10 bits per heavy atom. The Kier molecular flexibility index (Phi) is 6.24. The van der Waals surface area contributed by atoms with E-state index in [-0.39, 0.29) is 11.6 Å². The zero-order valence-corrected chi connectivity index (χ0v) is 17.7. The van der Waals surface area contributed by atoms with E-state index in [1.807, 2.05) is 20.8 Å². The number of hydrogen-bond donors (Lipinski definition) is 1. The number of pyridine rings is 1. The van der Waals surface area contributed by atoms with Crippen LogP contribution in [0.2, 0.25) is 5.02 Å². The molecule has 0 aliphatic rings. The monoisotopic (exact) mass is 429 g/mol. The molecule has 2 heterocycles. The van der Waals surface area contributed by atoms with Crippen molar-refractivity contribution in [2.24, 2.45) is 0 Å². The first-order valence-corrected chi connectivity index (χ1v) is 10.1. The standard InChI is InChI=1S/C20H20ClN5O2S/c1-20(2,3)23-18(27)17(13-8-10-22-11-9-13)26(15-6-4-14(21)5-7-15)19(28)16-12-29-25-24-16/h4-12,17H,1-3H3,(H,23,27). The van der Waals surface area contributed by atoms with Crippen LogP contribution in [0.15, 0.2) is 54.2 Å². The third-order valence-corrected chi connectivity index (χ3v) is 4.69. The van der Waals surface area contributed by atoms with Gasteiger partial charge in [0.05, 0.1) is 0 Å². The van der Waals surface area contributed by atoms with Crippen molar-refractivity contribution >= 4 is 40.6 Å². The summed E-state index contributed by atoms with van der Waals surface area (Å²) in [5, 5.41) is 8.94. The summed E-state index contributed by atoms with van der Waals surface area (Å²) in [5.41, 5.74) is 0.804. The van der Waals surface area contributed by atoms with Crippen LogP contribution >= 0.6 is 23.1 Å². The number of benzene rings is 1. The van der Waals surface area contributed by atoms with Crippen molar-refractivity contribution in [3.63, 3.8) is 0 Å². The minimum absolute atomic E-state index is 0.160. The highest BCUT2D eigenvalue weighted by Crippen LogP contribution is 2.30. The average molecular weight is 430 g/mol. The van der Waals surface area contributed by atoms with Crippen LogP contribution < -0.4 is 10.2 Å². The van der Waals surface area contributed by atoms with Crippen LogP contribution in [-0.4, -0.2) is 31.9 Å². The van der Waals surface area contributed by atoms with Gasteiger partial charge in [0.15, 0.2) is 5.69 Å². The largest absolute Gasteiger partial charge is 0.349 e. The summed E-state index contributed by atoms with van der Waals surface area (Å²) in [6.45, 7) is 5.65. The van der Waals surface area contributed by atoms with Crippen molar-refractivity contribution in [1.82, 2.24) is 19.9 Å². The maximum absolute atomic E-state index is 13.4. The number of carbonyl (C=O) groups is 2. The molecule has 0 aliphatic heterocycles. The highest BCUT2D eigenvalue weighted by molar-refractivity contribution is 7.03. The minimum atomic E-state index is -0.937. The topological polar surface area (TPSA) is 88.1 Å². The van der Waals surface area contributed by atoms with Crippen molar-refractivity contribution in [1.29, 1.82) is 0 Å². The summed E-state index contributed by atoms with van der Waals surface area (Å²) in [7, 11) is 0. The number of amides is 2. The first kappa shape index (κ1) is 20.9. The van der Waals surface area contributed by atoms with Gasteiger partial charge >= 0.3 is 0 Å². The lowest BCUT2D eigenvalue weighted by atomic mass is 10.0. The van der Waals surface area contributed by atoms with Gasteiger partial charge in [-0.2, -0.15) is 0 Å². The summed E-state index contributed by atoms with van der Waals surface area (Å²) in [5.74, 6) is -0.762. The lowest BCUT2D eigenvalue weighted by molar-refractivity contribution is -0.123. The summed E-state index contributed by atoms with van der Waals surface area (Å²) in [4.78, 5) is 32.1. The molecule has 3 rings (SSSR count). The van der Waals surface area contributed by atoms with Gasteiger partial charge < -0.3 is 5.32 Å². The van der Waals surface area contributed by atoms with Crippen molar-refractivity contribution in [2.75, 3.05) is 4.90 Å². The van der Waals surface area contributed by atoms with Crippen molar-refractivity contribution < 1.29 is 9.59 Å². The molecule has 9 heteroatoms. The Morgan fingerprint density at radius 2 is 1.76 bits per heavy atom. The summed E-state index contributed by atoms with van der Waals surface area (Å²) in [6.07, 6.45) is 3.17. The summed E-state index contributed by atoms with van der Waals surface area (Å²) in [6, 6.07) is 9.21. The maximum atomic E-state index is 13.4. The average Bonchev–Trinajstić information content (AvgIpc) is 3.20. The van der Waals surface area contributed by atoms with Crippen LogP contribution in [0, 0.1) is 0 Å². The molecule has 0 bridgehead atoms. The van der Waals surface area contributed by atoms with E-state index in [0.717, 1.165) is 11.5 Å². The highest BCUT2D eigenvalue weighted by Gasteiger charge is 2.35. The number of aromatic nitrogens is 3. The first-order valence-electron chi connectivity index (χ1n) is 8.84. The van der Waals surface area contributed by atoms with Crippen LogP contribution in [0.1, 0.15) is 42.9 Å². The van der Waals surface area contributed by atoms with E-state index in [1.165, 1.54) is 4.90 Å². The van der Waals surface area contributed by atoms with Gasteiger partial charge in [0, 0.05) is 34.0 Å². The Bertz CT molecular complexity index is 972. The van der Waals surface area contributed by atoms with Crippen molar-refractivity contribution in [3.05, 3.63) is 70.5 Å². The fraction of sp³-hybridized carbons (Fsp3) is 0.250. The molecule has 0 saturated heterocycles. The smallest absolute Gasteiger partial charge is 0.280 e.